The Morgan fingerprint density at radius 2 is 1.81 bits per heavy atom. The Morgan fingerprint density at radius 3 is 2.52 bits per heavy atom. The Hall–Kier alpha value is -2.81. The molecule has 0 radical (unpaired) electrons. The predicted molar refractivity (Wildman–Crippen MR) is 85.5 cm³/mol. The van der Waals surface area contributed by atoms with Gasteiger partial charge in [0.25, 0.3) is 0 Å². The third kappa shape index (κ3) is 2.87. The van der Waals surface area contributed by atoms with E-state index in [1.165, 1.54) is 0 Å². The van der Waals surface area contributed by atoms with Crippen LogP contribution in [0.25, 0.3) is 17.8 Å². The maximum Gasteiger partial charge on any atom is 0.128 e. The molecule has 0 N–H and O–H groups in total. The molecule has 3 rings (SSSR count). The summed E-state index contributed by atoms with van der Waals surface area (Å²) < 4.78 is 7.32. The maximum absolute atomic E-state index is 5.48. The lowest BCUT2D eigenvalue weighted by Crippen LogP contribution is -1.99. The van der Waals surface area contributed by atoms with E-state index in [0.717, 1.165) is 22.6 Å². The van der Waals surface area contributed by atoms with Crippen molar-refractivity contribution in [2.24, 2.45) is 0 Å². The smallest absolute Gasteiger partial charge is 0.128 e. The van der Waals surface area contributed by atoms with Gasteiger partial charge in [-0.2, -0.15) is 5.10 Å². The Bertz CT molecular complexity index is 731. The van der Waals surface area contributed by atoms with Gasteiger partial charge in [-0.3, -0.25) is 0 Å². The molecule has 3 nitrogen and oxygen atoms in total. The van der Waals surface area contributed by atoms with Gasteiger partial charge < -0.3 is 4.74 Å². The molecule has 0 unspecified atom stereocenters. The largest absolute Gasteiger partial charge is 0.496 e. The summed E-state index contributed by atoms with van der Waals surface area (Å²) in [5.41, 5.74) is 3.15. The summed E-state index contributed by atoms with van der Waals surface area (Å²) >= 11 is 0. The van der Waals surface area contributed by atoms with E-state index in [0.29, 0.717) is 0 Å². The molecule has 0 aliphatic carbocycles. The van der Waals surface area contributed by atoms with Gasteiger partial charge >= 0.3 is 0 Å². The van der Waals surface area contributed by atoms with Crippen molar-refractivity contribution in [3.8, 4) is 11.4 Å². The van der Waals surface area contributed by atoms with Gasteiger partial charge in [0.1, 0.15) is 5.75 Å². The first-order valence-electron chi connectivity index (χ1n) is 6.78. The van der Waals surface area contributed by atoms with Crippen LogP contribution in [-0.4, -0.2) is 16.9 Å². The second-order valence-corrected chi connectivity index (χ2v) is 4.59. The molecule has 1 heterocycles. The van der Waals surface area contributed by atoms with Gasteiger partial charge in [-0.15, -0.1) is 0 Å². The molecule has 0 bridgehead atoms. The highest BCUT2D eigenvalue weighted by Gasteiger charge is 2.08. The number of nitrogens with zero attached hydrogens (tertiary/aromatic N) is 2. The zero-order valence-corrected chi connectivity index (χ0v) is 11.8. The summed E-state index contributed by atoms with van der Waals surface area (Å²) in [7, 11) is 1.68. The highest BCUT2D eigenvalue weighted by molar-refractivity contribution is 5.77. The van der Waals surface area contributed by atoms with Crippen LogP contribution >= 0.6 is 0 Å². The predicted octanol–water partition coefficient (Wildman–Crippen LogP) is 4.05. The topological polar surface area (TPSA) is 27.1 Å². The zero-order valence-electron chi connectivity index (χ0n) is 11.8. The van der Waals surface area contributed by atoms with Crippen molar-refractivity contribution < 1.29 is 4.74 Å². The Balaban J connectivity index is 2.06. The second-order valence-electron chi connectivity index (χ2n) is 4.59. The Labute approximate surface area is 124 Å². The van der Waals surface area contributed by atoms with Gasteiger partial charge in [-0.05, 0) is 29.8 Å². The second kappa shape index (κ2) is 6.09. The quantitative estimate of drug-likeness (QED) is 0.672. The number of rotatable bonds is 4. The molecule has 0 aliphatic rings. The SMILES string of the molecule is COc1cccc(-n2cccn2)c1/C=C/c1ccccc1. The molecule has 0 atom stereocenters. The van der Waals surface area contributed by atoms with Crippen molar-refractivity contribution in [3.63, 3.8) is 0 Å². The van der Waals surface area contributed by atoms with Crippen LogP contribution < -0.4 is 4.74 Å². The lowest BCUT2D eigenvalue weighted by Gasteiger charge is -2.11. The van der Waals surface area contributed by atoms with E-state index in [2.05, 4.69) is 29.4 Å². The monoisotopic (exact) mass is 276 g/mol. The summed E-state index contributed by atoms with van der Waals surface area (Å²) in [5, 5.41) is 4.30. The van der Waals surface area contributed by atoms with Crippen molar-refractivity contribution in [2.45, 2.75) is 0 Å². The summed E-state index contributed by atoms with van der Waals surface area (Å²) in [6.45, 7) is 0. The van der Waals surface area contributed by atoms with E-state index in [1.807, 2.05) is 53.3 Å². The first-order chi connectivity index (χ1) is 10.4. The van der Waals surface area contributed by atoms with Crippen LogP contribution in [0, 0.1) is 0 Å². The van der Waals surface area contributed by atoms with Gasteiger partial charge in [-0.1, -0.05) is 42.5 Å². The lowest BCUT2D eigenvalue weighted by atomic mass is 10.1. The van der Waals surface area contributed by atoms with E-state index in [4.69, 9.17) is 4.74 Å². The van der Waals surface area contributed by atoms with Gasteiger partial charge in [0.15, 0.2) is 0 Å². The van der Waals surface area contributed by atoms with Crippen molar-refractivity contribution in [2.75, 3.05) is 7.11 Å². The highest BCUT2D eigenvalue weighted by Crippen LogP contribution is 2.27. The molecule has 0 saturated heterocycles. The van der Waals surface area contributed by atoms with E-state index < -0.39 is 0 Å². The molecule has 0 saturated carbocycles. The minimum atomic E-state index is 0.829. The summed E-state index contributed by atoms with van der Waals surface area (Å²) in [4.78, 5) is 0. The number of aromatic nitrogens is 2. The number of hydrogen-bond acceptors (Lipinski definition) is 2. The fourth-order valence-corrected chi connectivity index (χ4v) is 2.23. The third-order valence-electron chi connectivity index (χ3n) is 3.26. The van der Waals surface area contributed by atoms with Crippen LogP contribution in [0.3, 0.4) is 0 Å². The van der Waals surface area contributed by atoms with E-state index >= 15 is 0 Å². The van der Waals surface area contributed by atoms with Crippen LogP contribution in [0.4, 0.5) is 0 Å². The average molecular weight is 276 g/mol. The van der Waals surface area contributed by atoms with Crippen LogP contribution in [0.2, 0.25) is 0 Å². The summed E-state index contributed by atoms with van der Waals surface area (Å²) in [6.07, 6.45) is 7.83. The van der Waals surface area contributed by atoms with Crippen molar-refractivity contribution in [3.05, 3.63) is 78.1 Å². The lowest BCUT2D eigenvalue weighted by molar-refractivity contribution is 0.413. The Kier molecular flexibility index (Phi) is 3.83. The number of hydrogen-bond donors (Lipinski definition) is 0. The molecule has 0 spiro atoms. The normalized spacial score (nSPS) is 10.9. The molecule has 21 heavy (non-hydrogen) atoms. The number of ether oxygens (including phenoxy) is 1. The molecular formula is C18H16N2O. The Morgan fingerprint density at radius 1 is 0.952 bits per heavy atom. The maximum atomic E-state index is 5.48. The van der Waals surface area contributed by atoms with Crippen LogP contribution in [0.15, 0.2) is 67.0 Å². The van der Waals surface area contributed by atoms with Crippen LogP contribution in [0.5, 0.6) is 5.75 Å². The fourth-order valence-electron chi connectivity index (χ4n) is 2.23. The first kappa shape index (κ1) is 13.2. The van der Waals surface area contributed by atoms with E-state index in [1.54, 1.807) is 13.3 Å². The van der Waals surface area contributed by atoms with Gasteiger partial charge in [0.05, 0.1) is 12.8 Å². The van der Waals surface area contributed by atoms with Crippen molar-refractivity contribution in [1.82, 2.24) is 9.78 Å². The minimum absolute atomic E-state index is 0.829. The molecule has 1 aromatic heterocycles. The highest BCUT2D eigenvalue weighted by atomic mass is 16.5. The summed E-state index contributed by atoms with van der Waals surface area (Å²) in [5.74, 6) is 0.829. The first-order valence-corrected chi connectivity index (χ1v) is 6.78. The van der Waals surface area contributed by atoms with Gasteiger partial charge in [0.2, 0.25) is 0 Å². The fraction of sp³-hybridized carbons (Fsp3) is 0.0556. The molecule has 2 aromatic carbocycles. The van der Waals surface area contributed by atoms with Gasteiger partial charge in [0, 0.05) is 18.0 Å². The summed E-state index contributed by atoms with van der Waals surface area (Å²) in [6, 6.07) is 18.1. The van der Waals surface area contributed by atoms with Crippen molar-refractivity contribution in [1.29, 1.82) is 0 Å². The number of benzene rings is 2. The van der Waals surface area contributed by atoms with Crippen molar-refractivity contribution >= 4 is 12.2 Å². The third-order valence-corrected chi connectivity index (χ3v) is 3.26. The van der Waals surface area contributed by atoms with Crippen LogP contribution in [0.1, 0.15) is 11.1 Å². The van der Waals surface area contributed by atoms with E-state index in [-0.39, 0.29) is 0 Å². The van der Waals surface area contributed by atoms with Crippen LogP contribution in [-0.2, 0) is 0 Å². The molecule has 0 amide bonds. The minimum Gasteiger partial charge on any atom is -0.496 e. The van der Waals surface area contributed by atoms with Gasteiger partial charge in [-0.25, -0.2) is 4.68 Å². The molecule has 0 aliphatic heterocycles. The standard InChI is InChI=1S/C18H16N2O/c1-21-18-10-5-9-17(20-14-6-13-19-20)16(18)12-11-15-7-3-2-4-8-15/h2-14H,1H3/b12-11+. The van der Waals surface area contributed by atoms with E-state index in [9.17, 15) is 0 Å². The molecule has 3 aromatic rings. The molecule has 3 heteroatoms. The molecular weight excluding hydrogens is 260 g/mol. The average Bonchev–Trinajstić information content (AvgIpc) is 3.08. The molecule has 0 fully saturated rings. The zero-order chi connectivity index (χ0) is 14.5. The molecule has 104 valence electrons. The number of methoxy groups -OCH3 is 1.